The van der Waals surface area contributed by atoms with Gasteiger partial charge in [-0.2, -0.15) is 0 Å². The summed E-state index contributed by atoms with van der Waals surface area (Å²) < 4.78 is 14.8. The van der Waals surface area contributed by atoms with Crippen LogP contribution in [0.25, 0.3) is 0 Å². The third-order valence-corrected chi connectivity index (χ3v) is 4.48. The first-order valence-electron chi connectivity index (χ1n) is 4.88. The van der Waals surface area contributed by atoms with Gasteiger partial charge in [0.25, 0.3) is 0 Å². The zero-order valence-corrected chi connectivity index (χ0v) is 11.9. The van der Waals surface area contributed by atoms with Crippen LogP contribution < -0.4 is 0 Å². The highest BCUT2D eigenvalue weighted by molar-refractivity contribution is 6.92. The zero-order chi connectivity index (χ0) is 14.1. The van der Waals surface area contributed by atoms with Crippen molar-refractivity contribution >= 4 is 20.2 Å². The third kappa shape index (κ3) is 6.32. The largest absolute Gasteiger partial charge is 0.573 e. The number of rotatable bonds is 6. The molecule has 0 fully saturated rings. The molecule has 0 amide bonds. The van der Waals surface area contributed by atoms with Gasteiger partial charge in [-0.05, 0) is 6.92 Å². The lowest BCUT2D eigenvalue weighted by molar-refractivity contribution is -0.132. The van der Waals surface area contributed by atoms with Gasteiger partial charge in [0.05, 0.1) is 0 Å². The first-order chi connectivity index (χ1) is 7.81. The SMILES string of the molecule is C=C(C)C(=O)O.CCC(=O)[Si](OC)(OC)OC. The molecule has 0 aromatic rings. The van der Waals surface area contributed by atoms with Crippen LogP contribution in [0.2, 0.25) is 0 Å². The summed E-state index contributed by atoms with van der Waals surface area (Å²) in [5.41, 5.74) is 0.176. The summed E-state index contributed by atoms with van der Waals surface area (Å²) in [6.07, 6.45) is 0.377. The van der Waals surface area contributed by atoms with Gasteiger partial charge in [-0.15, -0.1) is 0 Å². The van der Waals surface area contributed by atoms with E-state index >= 15 is 0 Å². The first kappa shape index (κ1) is 18.3. The van der Waals surface area contributed by atoms with Crippen LogP contribution in [0.15, 0.2) is 12.2 Å². The summed E-state index contributed by atoms with van der Waals surface area (Å²) >= 11 is 0. The summed E-state index contributed by atoms with van der Waals surface area (Å²) in [5.74, 6) is -0.935. The van der Waals surface area contributed by atoms with Crippen molar-refractivity contribution in [3.8, 4) is 0 Å². The average Bonchev–Trinajstić information content (AvgIpc) is 2.32. The maximum Gasteiger partial charge on any atom is 0.573 e. The molecule has 0 heterocycles. The molecule has 0 spiro atoms. The average molecular weight is 264 g/mol. The molecule has 1 N–H and O–H groups in total. The highest BCUT2D eigenvalue weighted by Crippen LogP contribution is 2.08. The van der Waals surface area contributed by atoms with Crippen molar-refractivity contribution in [1.29, 1.82) is 0 Å². The molecule has 0 aliphatic heterocycles. The van der Waals surface area contributed by atoms with Crippen LogP contribution in [0.1, 0.15) is 20.3 Å². The Hall–Kier alpha value is -1.02. The van der Waals surface area contributed by atoms with Crippen molar-refractivity contribution in [2.45, 2.75) is 20.3 Å². The van der Waals surface area contributed by atoms with Crippen molar-refractivity contribution < 1.29 is 28.0 Å². The summed E-state index contributed by atoms with van der Waals surface area (Å²) in [6.45, 7) is 6.35. The van der Waals surface area contributed by atoms with E-state index in [1.165, 1.54) is 28.3 Å². The van der Waals surface area contributed by atoms with Crippen LogP contribution in [-0.4, -0.2) is 46.6 Å². The predicted molar refractivity (Wildman–Crippen MR) is 64.5 cm³/mol. The summed E-state index contributed by atoms with van der Waals surface area (Å²) in [6, 6.07) is 0. The highest BCUT2D eigenvalue weighted by Gasteiger charge is 2.46. The number of carbonyl (C=O) groups is 2. The molecule has 0 aliphatic rings. The first-order valence-corrected chi connectivity index (χ1v) is 6.61. The van der Waals surface area contributed by atoms with E-state index in [2.05, 4.69) is 6.58 Å². The third-order valence-electron chi connectivity index (χ3n) is 1.83. The molecular formula is C10H20O6Si. The molecule has 100 valence electrons. The van der Waals surface area contributed by atoms with Crippen molar-refractivity contribution in [3.63, 3.8) is 0 Å². The molecule has 0 aromatic heterocycles. The quantitative estimate of drug-likeness (QED) is 0.570. The second-order valence-electron chi connectivity index (χ2n) is 3.03. The minimum Gasteiger partial charge on any atom is -0.478 e. The van der Waals surface area contributed by atoms with Crippen LogP contribution in [0, 0.1) is 0 Å². The van der Waals surface area contributed by atoms with Gasteiger partial charge < -0.3 is 18.4 Å². The lowest BCUT2D eigenvalue weighted by Crippen LogP contribution is -2.51. The van der Waals surface area contributed by atoms with E-state index in [4.69, 9.17) is 18.4 Å². The second-order valence-corrected chi connectivity index (χ2v) is 5.93. The van der Waals surface area contributed by atoms with Crippen LogP contribution >= 0.6 is 0 Å². The fourth-order valence-corrected chi connectivity index (χ4v) is 2.42. The fraction of sp³-hybridized carbons (Fsp3) is 0.600. The van der Waals surface area contributed by atoms with E-state index in [9.17, 15) is 9.59 Å². The number of hydrogen-bond acceptors (Lipinski definition) is 5. The van der Waals surface area contributed by atoms with Gasteiger partial charge in [-0.3, -0.25) is 4.79 Å². The number of carboxylic acids is 1. The Labute approximate surface area is 103 Å². The van der Waals surface area contributed by atoms with Crippen molar-refractivity contribution in [1.82, 2.24) is 0 Å². The van der Waals surface area contributed by atoms with Gasteiger partial charge >= 0.3 is 14.8 Å². The highest BCUT2D eigenvalue weighted by atomic mass is 28.4. The second kappa shape index (κ2) is 9.05. The molecule has 7 heteroatoms. The standard InChI is InChI=1S/C6H14O4Si.C4H6O2/c1-5-6(7)11(8-2,9-3)10-4;1-3(2)4(5)6/h5H2,1-4H3;1H2,2H3,(H,5,6). The zero-order valence-electron chi connectivity index (χ0n) is 10.9. The van der Waals surface area contributed by atoms with Crippen molar-refractivity contribution in [2.75, 3.05) is 21.3 Å². The van der Waals surface area contributed by atoms with Gasteiger partial charge in [0.15, 0.2) is 0 Å². The van der Waals surface area contributed by atoms with E-state index in [1.807, 2.05) is 0 Å². The van der Waals surface area contributed by atoms with Gasteiger partial charge in [-0.1, -0.05) is 13.5 Å². The minimum atomic E-state index is -2.96. The molecule has 0 unspecified atom stereocenters. The van der Waals surface area contributed by atoms with Crippen molar-refractivity contribution in [3.05, 3.63) is 12.2 Å². The lowest BCUT2D eigenvalue weighted by Gasteiger charge is -2.21. The fourth-order valence-electron chi connectivity index (χ4n) is 0.808. The van der Waals surface area contributed by atoms with Gasteiger partial charge in [0.1, 0.15) is 0 Å². The molecule has 0 bridgehead atoms. The van der Waals surface area contributed by atoms with E-state index in [1.54, 1.807) is 6.92 Å². The summed E-state index contributed by atoms with van der Waals surface area (Å²) in [5, 5.41) is 7.80. The van der Waals surface area contributed by atoms with Gasteiger partial charge in [0.2, 0.25) is 5.41 Å². The maximum absolute atomic E-state index is 11.2. The Morgan fingerprint density at radius 1 is 1.18 bits per heavy atom. The molecular weight excluding hydrogens is 244 g/mol. The van der Waals surface area contributed by atoms with E-state index < -0.39 is 14.8 Å². The number of carboxylic acid groups (broad SMARTS) is 1. The monoisotopic (exact) mass is 264 g/mol. The molecule has 0 aromatic carbocycles. The number of hydrogen-bond donors (Lipinski definition) is 1. The Bertz CT molecular complexity index is 252. The predicted octanol–water partition coefficient (Wildman–Crippen LogP) is 1.03. The number of aliphatic carboxylic acids is 1. The Kier molecular flexibility index (Phi) is 9.77. The Morgan fingerprint density at radius 3 is 1.53 bits per heavy atom. The molecule has 0 saturated heterocycles. The molecule has 0 radical (unpaired) electrons. The molecule has 0 rings (SSSR count). The van der Waals surface area contributed by atoms with Gasteiger partial charge in [0, 0.05) is 33.3 Å². The summed E-state index contributed by atoms with van der Waals surface area (Å²) in [7, 11) is 1.31. The van der Waals surface area contributed by atoms with E-state index in [-0.39, 0.29) is 11.0 Å². The molecule has 6 nitrogen and oxygen atoms in total. The minimum absolute atomic E-state index is 0.0926. The lowest BCUT2D eigenvalue weighted by atomic mass is 10.4. The van der Waals surface area contributed by atoms with E-state index in [0.717, 1.165) is 0 Å². The van der Waals surface area contributed by atoms with Crippen LogP contribution in [-0.2, 0) is 22.9 Å². The van der Waals surface area contributed by atoms with Crippen molar-refractivity contribution in [2.24, 2.45) is 0 Å². The molecule has 17 heavy (non-hydrogen) atoms. The smallest absolute Gasteiger partial charge is 0.478 e. The Morgan fingerprint density at radius 2 is 1.47 bits per heavy atom. The molecule has 0 saturated carbocycles. The normalized spacial score (nSPS) is 10.2. The number of carbonyl (C=O) groups excluding carboxylic acids is 1. The van der Waals surface area contributed by atoms with Gasteiger partial charge in [-0.25, -0.2) is 4.79 Å². The maximum atomic E-state index is 11.2. The molecule has 0 aliphatic carbocycles. The van der Waals surface area contributed by atoms with Crippen LogP contribution in [0.5, 0.6) is 0 Å². The van der Waals surface area contributed by atoms with Crippen LogP contribution in [0.3, 0.4) is 0 Å². The molecule has 0 atom stereocenters. The van der Waals surface area contributed by atoms with Crippen LogP contribution in [0.4, 0.5) is 0 Å². The van der Waals surface area contributed by atoms with E-state index in [0.29, 0.717) is 6.42 Å². The summed E-state index contributed by atoms with van der Waals surface area (Å²) in [4.78, 5) is 20.8. The Balaban J connectivity index is 0. The topological polar surface area (TPSA) is 82.1 Å².